The molecule has 0 aliphatic rings. The molecule has 0 radical (unpaired) electrons. The van der Waals surface area contributed by atoms with Gasteiger partial charge >= 0.3 is 6.09 Å². The first-order chi connectivity index (χ1) is 14.0. The lowest BCUT2D eigenvalue weighted by Gasteiger charge is -2.22. The number of rotatable bonds is 6. The molecule has 2 aromatic rings. The molecule has 162 valence electrons. The Balaban J connectivity index is 2.08. The zero-order chi connectivity index (χ0) is 22.5. The van der Waals surface area contributed by atoms with Crippen LogP contribution in [0.3, 0.4) is 0 Å². The minimum absolute atomic E-state index is 0.164. The summed E-state index contributed by atoms with van der Waals surface area (Å²) < 4.78 is 12.0. The maximum absolute atomic E-state index is 12.8. The van der Waals surface area contributed by atoms with Crippen LogP contribution in [0.2, 0.25) is 0 Å². The summed E-state index contributed by atoms with van der Waals surface area (Å²) in [6, 6.07) is 8.49. The van der Waals surface area contributed by atoms with Crippen molar-refractivity contribution in [2.75, 3.05) is 17.9 Å². The molecule has 0 saturated carbocycles. The first-order valence-electron chi connectivity index (χ1n) is 9.12. The lowest BCUT2D eigenvalue weighted by atomic mass is 10.1. The Morgan fingerprint density at radius 2 is 1.87 bits per heavy atom. The summed E-state index contributed by atoms with van der Waals surface area (Å²) in [6.07, 6.45) is -0.289. The van der Waals surface area contributed by atoms with Gasteiger partial charge in [0.1, 0.15) is 11.4 Å². The van der Waals surface area contributed by atoms with Crippen LogP contribution in [0.1, 0.15) is 38.2 Å². The van der Waals surface area contributed by atoms with Gasteiger partial charge in [0.15, 0.2) is 6.10 Å². The molecule has 10 heteroatoms. The van der Waals surface area contributed by atoms with Crippen molar-refractivity contribution in [1.82, 2.24) is 9.99 Å². The summed E-state index contributed by atoms with van der Waals surface area (Å²) in [5, 5.41) is 5.35. The Hall–Kier alpha value is -3.01. The van der Waals surface area contributed by atoms with Gasteiger partial charge < -0.3 is 20.1 Å². The molecule has 0 unspecified atom stereocenters. The van der Waals surface area contributed by atoms with Crippen LogP contribution in [0.15, 0.2) is 41.0 Å². The van der Waals surface area contributed by atoms with Crippen LogP contribution in [0.25, 0.3) is 0 Å². The maximum atomic E-state index is 12.8. The van der Waals surface area contributed by atoms with Crippen molar-refractivity contribution in [2.24, 2.45) is 0 Å². The van der Waals surface area contributed by atoms with Crippen LogP contribution in [0, 0.1) is 0 Å². The lowest BCUT2D eigenvalue weighted by Crippen LogP contribution is -2.44. The molecule has 0 spiro atoms. The van der Waals surface area contributed by atoms with Crippen LogP contribution < -0.4 is 20.8 Å². The molecule has 3 N–H and O–H groups in total. The van der Waals surface area contributed by atoms with Gasteiger partial charge in [0.05, 0.1) is 11.6 Å². The fraction of sp³-hybridized carbons (Fsp3) is 0.350. The molecule has 0 fully saturated rings. The zero-order valence-electron chi connectivity index (χ0n) is 17.4. The van der Waals surface area contributed by atoms with E-state index in [1.54, 1.807) is 51.1 Å². The van der Waals surface area contributed by atoms with Gasteiger partial charge in [-0.2, -0.15) is 0 Å². The van der Waals surface area contributed by atoms with E-state index in [1.165, 1.54) is 24.9 Å². The van der Waals surface area contributed by atoms with Crippen LogP contribution >= 0.6 is 15.9 Å². The van der Waals surface area contributed by atoms with E-state index in [-0.39, 0.29) is 5.69 Å². The van der Waals surface area contributed by atoms with Crippen molar-refractivity contribution in [1.29, 1.82) is 0 Å². The predicted octanol–water partition coefficient (Wildman–Crippen LogP) is 3.49. The molecule has 0 aliphatic heterocycles. The molecule has 0 aliphatic carbocycles. The molecule has 1 heterocycles. The Morgan fingerprint density at radius 3 is 2.50 bits per heavy atom. The number of benzene rings is 1. The van der Waals surface area contributed by atoms with E-state index in [9.17, 15) is 14.4 Å². The largest absolute Gasteiger partial charge is 0.497 e. The number of aromatic nitrogens is 1. The van der Waals surface area contributed by atoms with Gasteiger partial charge in [-0.3, -0.25) is 19.7 Å². The smallest absolute Gasteiger partial charge is 0.408 e. The van der Waals surface area contributed by atoms with Gasteiger partial charge in [-0.25, -0.2) is 4.79 Å². The highest BCUT2D eigenvalue weighted by atomic mass is 79.9. The Bertz CT molecular complexity index is 936. The van der Waals surface area contributed by atoms with Gasteiger partial charge in [0.25, 0.3) is 11.8 Å². The second-order valence-corrected chi connectivity index (χ2v) is 8.32. The number of methoxy groups -OCH3 is 1. The van der Waals surface area contributed by atoms with Crippen LogP contribution in [0.4, 0.5) is 10.5 Å². The predicted molar refractivity (Wildman–Crippen MR) is 116 cm³/mol. The summed E-state index contributed by atoms with van der Waals surface area (Å²) in [5.41, 5.74) is 2.74. The van der Waals surface area contributed by atoms with Crippen molar-refractivity contribution >= 4 is 39.5 Å². The molecule has 1 aromatic heterocycles. The maximum Gasteiger partial charge on any atom is 0.408 e. The quantitative estimate of drug-likeness (QED) is 0.585. The normalized spacial score (nSPS) is 11.9. The molecule has 1 atom stereocenters. The zero-order valence-corrected chi connectivity index (χ0v) is 19.0. The Morgan fingerprint density at radius 1 is 1.17 bits per heavy atom. The fourth-order valence-corrected chi connectivity index (χ4v) is 2.86. The van der Waals surface area contributed by atoms with Gasteiger partial charge in [-0.05, 0) is 61.8 Å². The van der Waals surface area contributed by atoms with Gasteiger partial charge in [-0.15, -0.1) is 0 Å². The number of hydrogen-bond acceptors (Lipinski definition) is 5. The van der Waals surface area contributed by atoms with Gasteiger partial charge in [0, 0.05) is 23.5 Å². The highest BCUT2D eigenvalue weighted by Crippen LogP contribution is 2.21. The average Bonchev–Trinajstić information content (AvgIpc) is 3.00. The highest BCUT2D eigenvalue weighted by molar-refractivity contribution is 9.10. The number of ether oxygens (including phenoxy) is 2. The molecule has 0 bridgehead atoms. The summed E-state index contributed by atoms with van der Waals surface area (Å²) in [6.45, 7) is 6.82. The number of nitrogens with one attached hydrogen (secondary N) is 3. The summed E-state index contributed by atoms with van der Waals surface area (Å²) in [5.74, 6) is -0.466. The molecular weight excluding hydrogens is 456 g/mol. The standard InChI is InChI=1S/C20H25BrN4O5/c1-12(30-19(28)23-20(2,3)4)17(26)24-25-10-9-15(21)16(25)18(27)22-13-7-6-8-14(11-13)29-5/h6-12H,1-5H3,(H,22,27)(H,23,28)(H,24,26)/t12-/m0/s1. The topological polar surface area (TPSA) is 111 Å². The first-order valence-corrected chi connectivity index (χ1v) is 9.91. The number of nitrogens with zero attached hydrogens (tertiary/aromatic N) is 1. The SMILES string of the molecule is COc1cccc(NC(=O)c2c(Br)ccn2NC(=O)[C@H](C)OC(=O)NC(C)(C)C)c1. The van der Waals surface area contributed by atoms with E-state index in [1.807, 2.05) is 0 Å². The van der Waals surface area contributed by atoms with E-state index in [0.29, 0.717) is 15.9 Å². The molecule has 1 aromatic carbocycles. The number of alkyl carbamates (subject to hydrolysis) is 1. The first kappa shape index (κ1) is 23.3. The molecule has 0 saturated heterocycles. The lowest BCUT2D eigenvalue weighted by molar-refractivity contribution is -0.124. The Labute approximate surface area is 183 Å². The van der Waals surface area contributed by atoms with Crippen LogP contribution in [-0.4, -0.2) is 41.3 Å². The van der Waals surface area contributed by atoms with E-state index in [2.05, 4.69) is 32.0 Å². The van der Waals surface area contributed by atoms with Gasteiger partial charge in [0.2, 0.25) is 0 Å². The van der Waals surface area contributed by atoms with E-state index in [4.69, 9.17) is 9.47 Å². The second-order valence-electron chi connectivity index (χ2n) is 7.47. The summed E-state index contributed by atoms with van der Waals surface area (Å²) in [4.78, 5) is 37.1. The number of amides is 3. The average molecular weight is 481 g/mol. The molecule has 30 heavy (non-hydrogen) atoms. The Kier molecular flexibility index (Phi) is 7.49. The van der Waals surface area contributed by atoms with E-state index in [0.717, 1.165) is 0 Å². The van der Waals surface area contributed by atoms with Crippen LogP contribution in [-0.2, 0) is 9.53 Å². The minimum atomic E-state index is -1.08. The van der Waals surface area contributed by atoms with Gasteiger partial charge in [-0.1, -0.05) is 6.07 Å². The molecular formula is C20H25BrN4O5. The number of carbonyl (C=O) groups excluding carboxylic acids is 3. The third-order valence-corrected chi connectivity index (χ3v) is 4.38. The van der Waals surface area contributed by atoms with Crippen molar-refractivity contribution in [3.05, 3.63) is 46.7 Å². The molecule has 3 amide bonds. The molecule has 9 nitrogen and oxygen atoms in total. The number of halogens is 1. The van der Waals surface area contributed by atoms with Crippen molar-refractivity contribution in [3.8, 4) is 5.75 Å². The van der Waals surface area contributed by atoms with Crippen LogP contribution in [0.5, 0.6) is 5.75 Å². The van der Waals surface area contributed by atoms with E-state index < -0.39 is 29.6 Å². The van der Waals surface area contributed by atoms with Crippen molar-refractivity contribution in [3.63, 3.8) is 0 Å². The number of hydrogen-bond donors (Lipinski definition) is 3. The summed E-state index contributed by atoms with van der Waals surface area (Å²) in [7, 11) is 1.53. The fourth-order valence-electron chi connectivity index (χ4n) is 2.37. The monoisotopic (exact) mass is 480 g/mol. The highest BCUT2D eigenvalue weighted by Gasteiger charge is 2.23. The van der Waals surface area contributed by atoms with E-state index >= 15 is 0 Å². The third kappa shape index (κ3) is 6.51. The van der Waals surface area contributed by atoms with Crippen molar-refractivity contribution < 1.29 is 23.9 Å². The minimum Gasteiger partial charge on any atom is -0.497 e. The number of anilines is 1. The molecule has 2 rings (SSSR count). The summed E-state index contributed by atoms with van der Waals surface area (Å²) >= 11 is 3.31. The third-order valence-electron chi connectivity index (χ3n) is 3.74. The van der Waals surface area contributed by atoms with Crippen molar-refractivity contribution in [2.45, 2.75) is 39.3 Å². The second kappa shape index (κ2) is 9.66. The number of carbonyl (C=O) groups is 3.